The number of ether oxygens (including phenoxy) is 2. The lowest BCUT2D eigenvalue weighted by Crippen LogP contribution is -2.29. The van der Waals surface area contributed by atoms with Crippen molar-refractivity contribution in [1.82, 2.24) is 0 Å². The largest absolute Gasteiger partial charge is 0.493 e. The van der Waals surface area contributed by atoms with Crippen molar-refractivity contribution in [2.75, 3.05) is 31.5 Å². The average Bonchev–Trinajstić information content (AvgIpc) is 2.64. The Bertz CT molecular complexity index is 833. The van der Waals surface area contributed by atoms with Gasteiger partial charge in [0.05, 0.1) is 19.8 Å². The first-order valence-corrected chi connectivity index (χ1v) is 11.0. The second-order valence-corrected chi connectivity index (χ2v) is 10.8. The zero-order chi connectivity index (χ0) is 22.4. The molecule has 0 saturated carbocycles. The number of nitrogens with zero attached hydrogens (tertiary/aromatic N) is 1. The lowest BCUT2D eigenvalue weighted by Gasteiger charge is -2.27. The first-order chi connectivity index (χ1) is 14.0. The summed E-state index contributed by atoms with van der Waals surface area (Å²) >= 11 is 0. The van der Waals surface area contributed by atoms with Crippen LogP contribution in [0.3, 0.4) is 0 Å². The molecule has 0 bridgehead atoms. The molecule has 1 atom stereocenters. The molecule has 164 valence electrons. The molecule has 0 N–H and O–H groups in total. The Hall–Kier alpha value is -1.83. The van der Waals surface area contributed by atoms with E-state index in [0.29, 0.717) is 13.2 Å². The molecule has 0 aromatic heterocycles. The van der Waals surface area contributed by atoms with Crippen LogP contribution in [0.4, 0.5) is 5.69 Å². The van der Waals surface area contributed by atoms with Gasteiger partial charge in [0.2, 0.25) is 0 Å². The molecule has 0 aliphatic heterocycles. The van der Waals surface area contributed by atoms with Crippen LogP contribution in [0.1, 0.15) is 51.3 Å². The summed E-state index contributed by atoms with van der Waals surface area (Å²) < 4.78 is 13.9. The first-order valence-electron chi connectivity index (χ1n) is 10.5. The maximum absolute atomic E-state index is 6.01. The second kappa shape index (κ2) is 10.5. The van der Waals surface area contributed by atoms with Gasteiger partial charge >= 0.3 is 0 Å². The van der Waals surface area contributed by atoms with Crippen LogP contribution in [0.15, 0.2) is 42.5 Å². The van der Waals surface area contributed by atoms with E-state index in [1.54, 1.807) is 0 Å². The fourth-order valence-corrected chi connectivity index (χ4v) is 3.29. The van der Waals surface area contributed by atoms with Crippen molar-refractivity contribution in [1.29, 1.82) is 0 Å². The third kappa shape index (κ3) is 8.50. The molecule has 0 aliphatic carbocycles. The SMILES string of the molecule is Cc1cc(C=Cc2ccc(OCC(C)(C)COCC(C)(C)C)cc2)ccc1N(C)P. The number of aryl methyl sites for hydroxylation is 1. The van der Waals surface area contributed by atoms with Gasteiger partial charge in [-0.15, -0.1) is 0 Å². The van der Waals surface area contributed by atoms with E-state index in [-0.39, 0.29) is 10.8 Å². The second-order valence-electron chi connectivity index (χ2n) is 10.1. The fraction of sp³-hybridized carbons (Fsp3) is 0.462. The third-order valence-electron chi connectivity index (χ3n) is 4.61. The highest BCUT2D eigenvalue weighted by atomic mass is 31.0. The highest BCUT2D eigenvalue weighted by Crippen LogP contribution is 2.24. The van der Waals surface area contributed by atoms with Crippen LogP contribution in [0.25, 0.3) is 12.2 Å². The van der Waals surface area contributed by atoms with Crippen LogP contribution >= 0.6 is 9.39 Å². The molecule has 2 aromatic rings. The van der Waals surface area contributed by atoms with E-state index in [0.717, 1.165) is 17.9 Å². The Morgan fingerprint density at radius 1 is 0.867 bits per heavy atom. The minimum atomic E-state index is -0.0289. The summed E-state index contributed by atoms with van der Waals surface area (Å²) in [6, 6.07) is 14.7. The van der Waals surface area contributed by atoms with Crippen molar-refractivity contribution >= 4 is 27.2 Å². The number of benzene rings is 2. The van der Waals surface area contributed by atoms with Crippen LogP contribution in [0.2, 0.25) is 0 Å². The van der Waals surface area contributed by atoms with Crippen molar-refractivity contribution < 1.29 is 9.47 Å². The van der Waals surface area contributed by atoms with Crippen molar-refractivity contribution in [3.63, 3.8) is 0 Å². The summed E-state index contributed by atoms with van der Waals surface area (Å²) in [6.45, 7) is 15.1. The van der Waals surface area contributed by atoms with E-state index in [2.05, 4.69) is 98.1 Å². The van der Waals surface area contributed by atoms with Crippen LogP contribution in [0, 0.1) is 17.8 Å². The predicted octanol–water partition coefficient (Wildman–Crippen LogP) is 6.86. The van der Waals surface area contributed by atoms with Gasteiger partial charge in [-0.25, -0.2) is 0 Å². The summed E-state index contributed by atoms with van der Waals surface area (Å²) in [7, 11) is 4.73. The van der Waals surface area contributed by atoms with E-state index in [1.165, 1.54) is 16.8 Å². The molecule has 0 spiro atoms. The molecular weight excluding hydrogens is 389 g/mol. The number of hydrogen-bond acceptors (Lipinski definition) is 3. The molecule has 4 heteroatoms. The quantitative estimate of drug-likeness (QED) is 0.322. The molecule has 0 radical (unpaired) electrons. The first kappa shape index (κ1) is 24.4. The Kier molecular flexibility index (Phi) is 8.52. The van der Waals surface area contributed by atoms with Gasteiger partial charge in [-0.2, -0.15) is 0 Å². The smallest absolute Gasteiger partial charge is 0.119 e. The van der Waals surface area contributed by atoms with Gasteiger partial charge in [0, 0.05) is 18.2 Å². The topological polar surface area (TPSA) is 21.7 Å². The Labute approximate surface area is 185 Å². The molecular formula is C26H38NO2P. The van der Waals surface area contributed by atoms with Gasteiger partial charge in [0.15, 0.2) is 0 Å². The summed E-state index contributed by atoms with van der Waals surface area (Å²) in [5.41, 5.74) is 4.98. The molecule has 1 unspecified atom stereocenters. The van der Waals surface area contributed by atoms with Crippen LogP contribution in [0.5, 0.6) is 5.75 Å². The Balaban J connectivity index is 1.89. The van der Waals surface area contributed by atoms with E-state index in [4.69, 9.17) is 9.47 Å². The van der Waals surface area contributed by atoms with Crippen LogP contribution < -0.4 is 9.41 Å². The number of rotatable bonds is 9. The normalized spacial score (nSPS) is 12.4. The molecule has 3 nitrogen and oxygen atoms in total. The minimum absolute atomic E-state index is 0.0289. The molecule has 0 aliphatic rings. The molecule has 0 fully saturated rings. The van der Waals surface area contributed by atoms with Gasteiger partial charge in [0.25, 0.3) is 0 Å². The van der Waals surface area contributed by atoms with Crippen LogP contribution in [-0.2, 0) is 4.74 Å². The van der Waals surface area contributed by atoms with Gasteiger partial charge < -0.3 is 14.1 Å². The summed E-state index contributed by atoms with van der Waals surface area (Å²) in [4.78, 5) is 0. The molecule has 30 heavy (non-hydrogen) atoms. The zero-order valence-electron chi connectivity index (χ0n) is 19.7. The predicted molar refractivity (Wildman–Crippen MR) is 134 cm³/mol. The van der Waals surface area contributed by atoms with E-state index in [1.807, 2.05) is 19.2 Å². The number of hydrogen-bond donors (Lipinski definition) is 0. The molecule has 2 aromatic carbocycles. The Morgan fingerprint density at radius 3 is 2.03 bits per heavy atom. The van der Waals surface area contributed by atoms with E-state index < -0.39 is 0 Å². The van der Waals surface area contributed by atoms with Crippen molar-refractivity contribution in [2.45, 2.75) is 41.5 Å². The van der Waals surface area contributed by atoms with E-state index in [9.17, 15) is 0 Å². The monoisotopic (exact) mass is 427 g/mol. The molecule has 2 rings (SSSR count). The summed E-state index contributed by atoms with van der Waals surface area (Å²) in [5.74, 6) is 0.889. The van der Waals surface area contributed by atoms with Gasteiger partial charge in [-0.3, -0.25) is 0 Å². The lowest BCUT2D eigenvalue weighted by molar-refractivity contribution is 0.00341. The molecule has 0 saturated heterocycles. The molecule has 0 amide bonds. The van der Waals surface area contributed by atoms with Crippen molar-refractivity contribution in [3.05, 3.63) is 59.2 Å². The van der Waals surface area contributed by atoms with Gasteiger partial charge in [0.1, 0.15) is 5.75 Å². The van der Waals surface area contributed by atoms with Crippen LogP contribution in [-0.4, -0.2) is 26.9 Å². The van der Waals surface area contributed by atoms with Gasteiger partial charge in [-0.05, 0) is 62.7 Å². The minimum Gasteiger partial charge on any atom is -0.493 e. The number of anilines is 1. The summed E-state index contributed by atoms with van der Waals surface area (Å²) in [5, 5.41) is 0. The lowest BCUT2D eigenvalue weighted by atomic mass is 9.95. The van der Waals surface area contributed by atoms with Crippen molar-refractivity contribution in [2.24, 2.45) is 10.8 Å². The van der Waals surface area contributed by atoms with Gasteiger partial charge in [-0.1, -0.05) is 65.0 Å². The fourth-order valence-electron chi connectivity index (χ4n) is 3.00. The zero-order valence-corrected chi connectivity index (χ0v) is 20.8. The average molecular weight is 428 g/mol. The standard InChI is InChI=1S/C26H38NO2P/c1-20-16-22(12-15-24(20)27(7)30)9-8-21-10-13-23(14-11-21)29-19-26(5,6)18-28-17-25(2,3)4/h8-16H,17-19,30H2,1-7H3. The maximum atomic E-state index is 6.01. The maximum Gasteiger partial charge on any atom is 0.119 e. The van der Waals surface area contributed by atoms with Crippen molar-refractivity contribution in [3.8, 4) is 5.75 Å². The summed E-state index contributed by atoms with van der Waals surface area (Å²) in [6.07, 6.45) is 4.28. The molecule has 0 heterocycles. The highest BCUT2D eigenvalue weighted by molar-refractivity contribution is 7.19. The third-order valence-corrected chi connectivity index (χ3v) is 4.88. The van der Waals surface area contributed by atoms with E-state index >= 15 is 0 Å². The highest BCUT2D eigenvalue weighted by Gasteiger charge is 2.21. The Morgan fingerprint density at radius 2 is 1.47 bits per heavy atom.